The second-order valence-electron chi connectivity index (χ2n) is 5.50. The second kappa shape index (κ2) is 6.48. The first-order chi connectivity index (χ1) is 10.3. The number of likely N-dealkylation sites (tertiary alicyclic amines) is 1. The van der Waals surface area contributed by atoms with Crippen molar-refractivity contribution in [1.82, 2.24) is 14.9 Å². The van der Waals surface area contributed by atoms with Gasteiger partial charge in [0.2, 0.25) is 0 Å². The highest BCUT2D eigenvalue weighted by molar-refractivity contribution is 5.93. The number of aromatic nitrogens is 2. The third-order valence-electron chi connectivity index (χ3n) is 4.03. The molecule has 0 atom stereocenters. The quantitative estimate of drug-likeness (QED) is 0.868. The fourth-order valence-electron chi connectivity index (χ4n) is 2.83. The van der Waals surface area contributed by atoms with Crippen LogP contribution < -0.4 is 0 Å². The topological polar surface area (TPSA) is 46.1 Å². The molecule has 108 valence electrons. The monoisotopic (exact) mass is 281 g/mol. The van der Waals surface area contributed by atoms with Gasteiger partial charge in [0.1, 0.15) is 0 Å². The Kier molecular flexibility index (Phi) is 4.24. The maximum atomic E-state index is 12.3. The molecule has 0 N–H and O–H groups in total. The van der Waals surface area contributed by atoms with Crippen molar-refractivity contribution < 1.29 is 4.79 Å². The van der Waals surface area contributed by atoms with Crippen molar-refractivity contribution in [2.75, 3.05) is 13.1 Å². The smallest absolute Gasteiger partial charge is 0.255 e. The third kappa shape index (κ3) is 3.45. The van der Waals surface area contributed by atoms with Gasteiger partial charge in [0.25, 0.3) is 5.91 Å². The molecule has 3 heterocycles. The Balaban J connectivity index is 1.54. The van der Waals surface area contributed by atoms with Gasteiger partial charge >= 0.3 is 0 Å². The summed E-state index contributed by atoms with van der Waals surface area (Å²) in [6, 6.07) is 9.69. The summed E-state index contributed by atoms with van der Waals surface area (Å²) in [5, 5.41) is 0. The summed E-state index contributed by atoms with van der Waals surface area (Å²) in [6.07, 6.45) is 8.27. The first-order valence-corrected chi connectivity index (χ1v) is 7.42. The van der Waals surface area contributed by atoms with Crippen molar-refractivity contribution in [2.45, 2.75) is 19.3 Å². The molecule has 1 amide bonds. The van der Waals surface area contributed by atoms with Crippen molar-refractivity contribution in [2.24, 2.45) is 5.92 Å². The molecule has 21 heavy (non-hydrogen) atoms. The van der Waals surface area contributed by atoms with Gasteiger partial charge in [0.15, 0.2) is 0 Å². The number of rotatable bonds is 3. The minimum Gasteiger partial charge on any atom is -0.339 e. The molecule has 2 aromatic rings. The van der Waals surface area contributed by atoms with Crippen molar-refractivity contribution in [3.8, 4) is 0 Å². The fourth-order valence-corrected chi connectivity index (χ4v) is 2.83. The number of pyridine rings is 2. The number of carbonyl (C=O) groups excluding carboxylic acids is 1. The van der Waals surface area contributed by atoms with Crippen LogP contribution in [0.1, 0.15) is 28.9 Å². The van der Waals surface area contributed by atoms with Gasteiger partial charge in [-0.15, -0.1) is 0 Å². The first kappa shape index (κ1) is 13.7. The Labute approximate surface area is 124 Å². The Bertz CT molecular complexity index is 577. The van der Waals surface area contributed by atoms with Gasteiger partial charge in [-0.3, -0.25) is 14.8 Å². The Morgan fingerprint density at radius 3 is 2.67 bits per heavy atom. The summed E-state index contributed by atoms with van der Waals surface area (Å²) < 4.78 is 0. The van der Waals surface area contributed by atoms with Gasteiger partial charge < -0.3 is 4.90 Å². The Morgan fingerprint density at radius 1 is 1.14 bits per heavy atom. The molecule has 0 aromatic carbocycles. The number of carbonyl (C=O) groups is 1. The molecule has 2 aromatic heterocycles. The van der Waals surface area contributed by atoms with Gasteiger partial charge in [0, 0.05) is 37.4 Å². The molecule has 1 aliphatic rings. The molecule has 1 aliphatic heterocycles. The highest BCUT2D eigenvalue weighted by atomic mass is 16.2. The number of amides is 1. The lowest BCUT2D eigenvalue weighted by atomic mass is 9.91. The summed E-state index contributed by atoms with van der Waals surface area (Å²) in [4.78, 5) is 22.7. The normalized spacial score (nSPS) is 15.9. The van der Waals surface area contributed by atoms with Gasteiger partial charge in [0.05, 0.1) is 5.56 Å². The van der Waals surface area contributed by atoms with E-state index in [1.54, 1.807) is 18.5 Å². The van der Waals surface area contributed by atoms with Gasteiger partial charge in [-0.2, -0.15) is 0 Å². The minimum atomic E-state index is 0.0967. The van der Waals surface area contributed by atoms with E-state index in [4.69, 9.17) is 0 Å². The predicted molar refractivity (Wildman–Crippen MR) is 80.8 cm³/mol. The van der Waals surface area contributed by atoms with Crippen LogP contribution in [-0.2, 0) is 6.42 Å². The van der Waals surface area contributed by atoms with Crippen LogP contribution in [0.15, 0.2) is 48.9 Å². The zero-order valence-corrected chi connectivity index (χ0v) is 12.0. The van der Waals surface area contributed by atoms with E-state index in [-0.39, 0.29) is 5.91 Å². The maximum Gasteiger partial charge on any atom is 0.255 e. The molecule has 0 radical (unpaired) electrons. The lowest BCUT2D eigenvalue weighted by Gasteiger charge is -2.32. The number of hydrogen-bond donors (Lipinski definition) is 0. The number of nitrogens with zero attached hydrogens (tertiary/aromatic N) is 3. The largest absolute Gasteiger partial charge is 0.339 e. The van der Waals surface area contributed by atoms with Crippen LogP contribution in [-0.4, -0.2) is 33.9 Å². The van der Waals surface area contributed by atoms with Crippen LogP contribution in [0.3, 0.4) is 0 Å². The van der Waals surface area contributed by atoms with E-state index in [2.05, 4.69) is 16.0 Å². The molecule has 1 saturated heterocycles. The maximum absolute atomic E-state index is 12.3. The molecule has 0 aliphatic carbocycles. The molecule has 4 nitrogen and oxygen atoms in total. The molecular weight excluding hydrogens is 262 g/mol. The van der Waals surface area contributed by atoms with E-state index < -0.39 is 0 Å². The summed E-state index contributed by atoms with van der Waals surface area (Å²) in [7, 11) is 0. The van der Waals surface area contributed by atoms with Crippen molar-refractivity contribution in [3.05, 3.63) is 60.2 Å². The average Bonchev–Trinajstić information content (AvgIpc) is 2.57. The summed E-state index contributed by atoms with van der Waals surface area (Å²) in [5.41, 5.74) is 1.83. The highest BCUT2D eigenvalue weighted by Gasteiger charge is 2.23. The number of hydrogen-bond acceptors (Lipinski definition) is 3. The highest BCUT2D eigenvalue weighted by Crippen LogP contribution is 2.22. The summed E-state index contributed by atoms with van der Waals surface area (Å²) in [5.74, 6) is 0.720. The van der Waals surface area contributed by atoms with Gasteiger partial charge in [-0.25, -0.2) is 0 Å². The van der Waals surface area contributed by atoms with Crippen LogP contribution >= 0.6 is 0 Å². The SMILES string of the molecule is O=C(c1cccnc1)N1CCC(Cc2ccccn2)CC1. The lowest BCUT2D eigenvalue weighted by Crippen LogP contribution is -2.39. The summed E-state index contributed by atoms with van der Waals surface area (Å²) >= 11 is 0. The molecular formula is C17H19N3O. The standard InChI is InChI=1S/C17H19N3O/c21-17(15-4-3-8-18-13-15)20-10-6-14(7-11-20)12-16-5-1-2-9-19-16/h1-5,8-9,13-14H,6-7,10-12H2. The van der Waals surface area contributed by atoms with E-state index in [0.717, 1.165) is 38.0 Å². The molecule has 0 saturated carbocycles. The van der Waals surface area contributed by atoms with Crippen LogP contribution in [0, 0.1) is 5.92 Å². The molecule has 1 fully saturated rings. The fraction of sp³-hybridized carbons (Fsp3) is 0.353. The minimum absolute atomic E-state index is 0.0967. The zero-order chi connectivity index (χ0) is 14.5. The van der Waals surface area contributed by atoms with E-state index in [1.165, 1.54) is 0 Å². The van der Waals surface area contributed by atoms with Crippen molar-refractivity contribution >= 4 is 5.91 Å². The predicted octanol–water partition coefficient (Wildman–Crippen LogP) is 2.57. The lowest BCUT2D eigenvalue weighted by molar-refractivity contribution is 0.0690. The third-order valence-corrected chi connectivity index (χ3v) is 4.03. The molecule has 3 rings (SSSR count). The van der Waals surface area contributed by atoms with E-state index >= 15 is 0 Å². The van der Waals surface area contributed by atoms with Crippen LogP contribution in [0.4, 0.5) is 0 Å². The zero-order valence-electron chi connectivity index (χ0n) is 12.0. The Morgan fingerprint density at radius 2 is 2.00 bits per heavy atom. The van der Waals surface area contributed by atoms with Gasteiger partial charge in [-0.05, 0) is 49.4 Å². The van der Waals surface area contributed by atoms with Crippen LogP contribution in [0.5, 0.6) is 0 Å². The van der Waals surface area contributed by atoms with E-state index in [9.17, 15) is 4.79 Å². The van der Waals surface area contributed by atoms with E-state index in [0.29, 0.717) is 11.5 Å². The van der Waals surface area contributed by atoms with Crippen molar-refractivity contribution in [3.63, 3.8) is 0 Å². The van der Waals surface area contributed by atoms with E-state index in [1.807, 2.05) is 29.3 Å². The second-order valence-corrected chi connectivity index (χ2v) is 5.50. The molecule has 0 bridgehead atoms. The average molecular weight is 281 g/mol. The van der Waals surface area contributed by atoms with Crippen molar-refractivity contribution in [1.29, 1.82) is 0 Å². The summed E-state index contributed by atoms with van der Waals surface area (Å²) in [6.45, 7) is 1.65. The van der Waals surface area contributed by atoms with Gasteiger partial charge in [-0.1, -0.05) is 6.07 Å². The molecule has 0 spiro atoms. The molecule has 4 heteroatoms. The first-order valence-electron chi connectivity index (χ1n) is 7.42. The van der Waals surface area contributed by atoms with Crippen LogP contribution in [0.25, 0.3) is 0 Å². The Hall–Kier alpha value is -2.23. The van der Waals surface area contributed by atoms with Crippen LogP contribution in [0.2, 0.25) is 0 Å². The number of piperidine rings is 1. The molecule has 0 unspecified atom stereocenters.